The summed E-state index contributed by atoms with van der Waals surface area (Å²) in [6.07, 6.45) is 6.60. The molecule has 4 heteroatoms. The van der Waals surface area contributed by atoms with Gasteiger partial charge in [0.25, 0.3) is 0 Å². The molecular weight excluding hydrogens is 267 g/mol. The second-order valence-corrected chi connectivity index (χ2v) is 4.50. The van der Waals surface area contributed by atoms with Gasteiger partial charge in [-0.3, -0.25) is 4.68 Å². The third-order valence-corrected chi connectivity index (χ3v) is 2.88. The van der Waals surface area contributed by atoms with E-state index in [1.807, 2.05) is 17.1 Å². The quantitative estimate of drug-likeness (QED) is 0.792. The molecule has 0 spiro atoms. The molecule has 0 aromatic carbocycles. The zero-order chi connectivity index (χ0) is 8.55. The van der Waals surface area contributed by atoms with Crippen molar-refractivity contribution in [1.82, 2.24) is 9.78 Å². The van der Waals surface area contributed by atoms with E-state index in [1.165, 1.54) is 0 Å². The van der Waals surface area contributed by atoms with Gasteiger partial charge in [0.15, 0.2) is 0 Å². The number of aliphatic hydroxyl groups is 1. The van der Waals surface area contributed by atoms with Crippen molar-refractivity contribution in [2.75, 3.05) is 0 Å². The highest BCUT2D eigenvalue weighted by Gasteiger charge is 2.24. The van der Waals surface area contributed by atoms with Crippen LogP contribution in [0.15, 0.2) is 12.4 Å². The van der Waals surface area contributed by atoms with E-state index >= 15 is 0 Å². The fourth-order valence-corrected chi connectivity index (χ4v) is 2.10. The van der Waals surface area contributed by atoms with Crippen LogP contribution in [0.5, 0.6) is 0 Å². The van der Waals surface area contributed by atoms with E-state index in [-0.39, 0.29) is 6.10 Å². The lowest BCUT2D eigenvalue weighted by Crippen LogP contribution is -2.07. The van der Waals surface area contributed by atoms with Gasteiger partial charge >= 0.3 is 0 Å². The summed E-state index contributed by atoms with van der Waals surface area (Å²) in [6, 6.07) is 0.420. The number of aromatic nitrogens is 2. The summed E-state index contributed by atoms with van der Waals surface area (Å²) in [5.41, 5.74) is 0. The normalized spacial score (nSPS) is 29.5. The van der Waals surface area contributed by atoms with Gasteiger partial charge in [-0.2, -0.15) is 5.10 Å². The maximum atomic E-state index is 9.32. The first-order valence-corrected chi connectivity index (χ1v) is 5.21. The van der Waals surface area contributed by atoms with Crippen LogP contribution in [-0.2, 0) is 0 Å². The smallest absolute Gasteiger partial charge is 0.0623 e. The first kappa shape index (κ1) is 8.50. The molecule has 2 atom stereocenters. The van der Waals surface area contributed by atoms with Crippen LogP contribution in [-0.4, -0.2) is 21.0 Å². The predicted molar refractivity (Wildman–Crippen MR) is 53.8 cm³/mol. The van der Waals surface area contributed by atoms with Crippen molar-refractivity contribution >= 4 is 22.6 Å². The summed E-state index contributed by atoms with van der Waals surface area (Å²) < 4.78 is 3.13. The van der Waals surface area contributed by atoms with Crippen molar-refractivity contribution in [2.45, 2.75) is 31.4 Å². The molecule has 0 saturated heterocycles. The molecule has 2 unspecified atom stereocenters. The Morgan fingerprint density at radius 2 is 2.42 bits per heavy atom. The summed E-state index contributed by atoms with van der Waals surface area (Å²) in [4.78, 5) is 0. The third-order valence-electron chi connectivity index (χ3n) is 2.32. The highest BCUT2D eigenvalue weighted by molar-refractivity contribution is 14.1. The van der Waals surface area contributed by atoms with Gasteiger partial charge in [0, 0.05) is 6.20 Å². The fraction of sp³-hybridized carbons (Fsp3) is 0.625. The van der Waals surface area contributed by atoms with Gasteiger partial charge in [0.1, 0.15) is 0 Å². The van der Waals surface area contributed by atoms with Crippen LogP contribution in [0, 0.1) is 3.57 Å². The Kier molecular flexibility index (Phi) is 2.36. The molecule has 2 rings (SSSR count). The number of halogens is 1. The average Bonchev–Trinajstić information content (AvgIpc) is 2.58. The molecule has 3 nitrogen and oxygen atoms in total. The van der Waals surface area contributed by atoms with Gasteiger partial charge in [0.2, 0.25) is 0 Å². The Bertz CT molecular complexity index is 274. The molecule has 12 heavy (non-hydrogen) atoms. The van der Waals surface area contributed by atoms with E-state index in [0.717, 1.165) is 22.8 Å². The Hall–Kier alpha value is -0.100. The summed E-state index contributed by atoms with van der Waals surface area (Å²) in [5, 5.41) is 13.6. The Labute approximate surface area is 84.9 Å². The Morgan fingerprint density at radius 3 is 2.92 bits per heavy atom. The van der Waals surface area contributed by atoms with Crippen LogP contribution in [0.3, 0.4) is 0 Å². The average molecular weight is 278 g/mol. The molecule has 1 N–H and O–H groups in total. The first-order valence-electron chi connectivity index (χ1n) is 4.13. The standard InChI is InChI=1S/C8H11IN2O/c9-6-4-10-11(5-6)7-1-2-8(12)3-7/h4-5,7-8,12H,1-3H2. The van der Waals surface area contributed by atoms with Crippen LogP contribution in [0.1, 0.15) is 25.3 Å². The van der Waals surface area contributed by atoms with Crippen LogP contribution < -0.4 is 0 Å². The molecular formula is C8H11IN2O. The van der Waals surface area contributed by atoms with Gasteiger partial charge in [-0.1, -0.05) is 0 Å². The van der Waals surface area contributed by atoms with Gasteiger partial charge in [-0.25, -0.2) is 0 Å². The van der Waals surface area contributed by atoms with E-state index in [4.69, 9.17) is 0 Å². The van der Waals surface area contributed by atoms with Crippen LogP contribution in [0.4, 0.5) is 0 Å². The summed E-state index contributed by atoms with van der Waals surface area (Å²) >= 11 is 2.25. The van der Waals surface area contributed by atoms with Crippen molar-refractivity contribution in [1.29, 1.82) is 0 Å². The molecule has 0 aliphatic heterocycles. The lowest BCUT2D eigenvalue weighted by Gasteiger charge is -2.08. The molecule has 1 aromatic heterocycles. The molecule has 0 amide bonds. The van der Waals surface area contributed by atoms with Gasteiger partial charge in [-0.05, 0) is 41.9 Å². The molecule has 0 bridgehead atoms. The molecule has 1 fully saturated rings. The number of hydrogen-bond donors (Lipinski definition) is 1. The van der Waals surface area contributed by atoms with Crippen molar-refractivity contribution in [2.24, 2.45) is 0 Å². The topological polar surface area (TPSA) is 38.0 Å². The molecule has 1 heterocycles. The molecule has 0 radical (unpaired) electrons. The first-order chi connectivity index (χ1) is 5.75. The highest BCUT2D eigenvalue weighted by Crippen LogP contribution is 2.29. The number of hydrogen-bond acceptors (Lipinski definition) is 2. The summed E-state index contributed by atoms with van der Waals surface area (Å²) in [5.74, 6) is 0. The van der Waals surface area contributed by atoms with Crippen LogP contribution in [0.2, 0.25) is 0 Å². The molecule has 1 aliphatic carbocycles. The molecule has 1 aliphatic rings. The largest absolute Gasteiger partial charge is 0.393 e. The van der Waals surface area contributed by atoms with E-state index in [2.05, 4.69) is 27.7 Å². The van der Waals surface area contributed by atoms with Gasteiger partial charge < -0.3 is 5.11 Å². The fourth-order valence-electron chi connectivity index (χ4n) is 1.69. The van der Waals surface area contributed by atoms with Crippen molar-refractivity contribution in [3.05, 3.63) is 16.0 Å². The number of rotatable bonds is 1. The minimum Gasteiger partial charge on any atom is -0.393 e. The number of aliphatic hydroxyl groups excluding tert-OH is 1. The summed E-state index contributed by atoms with van der Waals surface area (Å²) in [6.45, 7) is 0. The van der Waals surface area contributed by atoms with Gasteiger partial charge in [0.05, 0.1) is 21.9 Å². The minimum absolute atomic E-state index is 0.114. The minimum atomic E-state index is -0.114. The van der Waals surface area contributed by atoms with E-state index in [1.54, 1.807) is 0 Å². The second kappa shape index (κ2) is 3.33. The van der Waals surface area contributed by atoms with Crippen molar-refractivity contribution in [3.8, 4) is 0 Å². The third kappa shape index (κ3) is 1.64. The lowest BCUT2D eigenvalue weighted by atomic mass is 10.2. The molecule has 1 aromatic rings. The SMILES string of the molecule is OC1CCC(n2cc(I)cn2)C1. The van der Waals surface area contributed by atoms with E-state index in [9.17, 15) is 5.11 Å². The maximum absolute atomic E-state index is 9.32. The summed E-state index contributed by atoms with van der Waals surface area (Å²) in [7, 11) is 0. The highest BCUT2D eigenvalue weighted by atomic mass is 127. The van der Waals surface area contributed by atoms with E-state index in [0.29, 0.717) is 6.04 Å². The van der Waals surface area contributed by atoms with Crippen molar-refractivity contribution in [3.63, 3.8) is 0 Å². The second-order valence-electron chi connectivity index (χ2n) is 3.26. The van der Waals surface area contributed by atoms with E-state index < -0.39 is 0 Å². The lowest BCUT2D eigenvalue weighted by molar-refractivity contribution is 0.177. The zero-order valence-electron chi connectivity index (χ0n) is 6.65. The Balaban J connectivity index is 2.11. The monoisotopic (exact) mass is 278 g/mol. The van der Waals surface area contributed by atoms with Crippen LogP contribution >= 0.6 is 22.6 Å². The number of nitrogens with zero attached hydrogens (tertiary/aromatic N) is 2. The van der Waals surface area contributed by atoms with Crippen molar-refractivity contribution < 1.29 is 5.11 Å². The zero-order valence-corrected chi connectivity index (χ0v) is 8.81. The predicted octanol–water partition coefficient (Wildman–Crippen LogP) is 1.57. The maximum Gasteiger partial charge on any atom is 0.0623 e. The Morgan fingerprint density at radius 1 is 1.58 bits per heavy atom. The van der Waals surface area contributed by atoms with Gasteiger partial charge in [-0.15, -0.1) is 0 Å². The molecule has 1 saturated carbocycles. The molecule has 66 valence electrons. The van der Waals surface area contributed by atoms with Crippen LogP contribution in [0.25, 0.3) is 0 Å².